The SMILES string of the molecule is CCc1ccc(S(=O)(=O)NCCc2cc3ccc(C)c(C)c3[nH]c2=O)cc1. The molecule has 0 saturated carbocycles. The Morgan fingerprint density at radius 3 is 2.41 bits per heavy atom. The molecule has 0 fully saturated rings. The van der Waals surface area contributed by atoms with Gasteiger partial charge in [-0.3, -0.25) is 4.79 Å². The summed E-state index contributed by atoms with van der Waals surface area (Å²) in [4.78, 5) is 15.5. The topological polar surface area (TPSA) is 79.0 Å². The van der Waals surface area contributed by atoms with E-state index in [0.717, 1.165) is 34.0 Å². The van der Waals surface area contributed by atoms with Crippen LogP contribution in [-0.4, -0.2) is 19.9 Å². The highest BCUT2D eigenvalue weighted by Gasteiger charge is 2.14. The lowest BCUT2D eigenvalue weighted by Crippen LogP contribution is -2.27. The maximum Gasteiger partial charge on any atom is 0.251 e. The first kappa shape index (κ1) is 19.3. The van der Waals surface area contributed by atoms with Crippen LogP contribution in [0.2, 0.25) is 0 Å². The van der Waals surface area contributed by atoms with Crippen LogP contribution in [0.25, 0.3) is 10.9 Å². The summed E-state index contributed by atoms with van der Waals surface area (Å²) < 4.78 is 27.4. The first-order valence-electron chi connectivity index (χ1n) is 9.02. The van der Waals surface area contributed by atoms with Crippen LogP contribution in [0.3, 0.4) is 0 Å². The van der Waals surface area contributed by atoms with Gasteiger partial charge in [-0.25, -0.2) is 13.1 Å². The maximum atomic E-state index is 12.4. The minimum absolute atomic E-state index is 0.164. The van der Waals surface area contributed by atoms with Gasteiger partial charge >= 0.3 is 0 Å². The lowest BCUT2D eigenvalue weighted by atomic mass is 10.0. The van der Waals surface area contributed by atoms with Gasteiger partial charge < -0.3 is 4.98 Å². The third-order valence-electron chi connectivity index (χ3n) is 4.96. The molecule has 3 aromatic rings. The van der Waals surface area contributed by atoms with E-state index >= 15 is 0 Å². The zero-order chi connectivity index (χ0) is 19.6. The smallest absolute Gasteiger partial charge is 0.251 e. The van der Waals surface area contributed by atoms with E-state index < -0.39 is 10.0 Å². The van der Waals surface area contributed by atoms with Crippen LogP contribution in [0.15, 0.2) is 52.2 Å². The van der Waals surface area contributed by atoms with E-state index in [2.05, 4.69) is 9.71 Å². The van der Waals surface area contributed by atoms with E-state index in [1.807, 2.05) is 51.1 Å². The number of H-pyrrole nitrogens is 1. The molecule has 5 nitrogen and oxygen atoms in total. The standard InChI is InChI=1S/C21H24N2O3S/c1-4-16-6-9-19(10-7-16)27(25,26)22-12-11-18-13-17-8-5-14(2)15(3)20(17)23-21(18)24/h5-10,13,22H,4,11-12H2,1-3H3,(H,23,24). The van der Waals surface area contributed by atoms with Crippen molar-refractivity contribution < 1.29 is 8.42 Å². The Balaban J connectivity index is 1.75. The fraction of sp³-hybridized carbons (Fsp3) is 0.286. The Kier molecular flexibility index (Phi) is 5.48. The van der Waals surface area contributed by atoms with Crippen molar-refractivity contribution in [1.82, 2.24) is 9.71 Å². The molecule has 0 atom stereocenters. The lowest BCUT2D eigenvalue weighted by molar-refractivity contribution is 0.581. The summed E-state index contributed by atoms with van der Waals surface area (Å²) in [6, 6.07) is 12.7. The van der Waals surface area contributed by atoms with E-state index in [1.165, 1.54) is 0 Å². The van der Waals surface area contributed by atoms with Gasteiger partial charge in [0.1, 0.15) is 0 Å². The van der Waals surface area contributed by atoms with Gasteiger partial charge in [-0.1, -0.05) is 31.2 Å². The van der Waals surface area contributed by atoms with Gasteiger partial charge in [0.2, 0.25) is 10.0 Å². The summed E-state index contributed by atoms with van der Waals surface area (Å²) in [5.41, 5.74) is 4.47. The molecule has 0 aliphatic rings. The van der Waals surface area contributed by atoms with Crippen molar-refractivity contribution in [2.75, 3.05) is 6.54 Å². The number of rotatable bonds is 6. The second-order valence-corrected chi connectivity index (χ2v) is 8.51. The number of hydrogen-bond donors (Lipinski definition) is 2. The van der Waals surface area contributed by atoms with Crippen LogP contribution >= 0.6 is 0 Å². The van der Waals surface area contributed by atoms with Crippen molar-refractivity contribution in [3.05, 3.63) is 75.1 Å². The largest absolute Gasteiger partial charge is 0.321 e. The molecule has 0 aliphatic carbocycles. The molecule has 0 bridgehead atoms. The van der Waals surface area contributed by atoms with Gasteiger partial charge in [0.05, 0.1) is 10.4 Å². The zero-order valence-corrected chi connectivity index (χ0v) is 16.6. The van der Waals surface area contributed by atoms with Gasteiger partial charge in [-0.05, 0) is 67.0 Å². The molecule has 2 aromatic carbocycles. The number of aromatic amines is 1. The summed E-state index contributed by atoms with van der Waals surface area (Å²) in [6.45, 7) is 6.16. The van der Waals surface area contributed by atoms with Gasteiger partial charge in [0, 0.05) is 12.1 Å². The van der Waals surface area contributed by atoms with E-state index in [-0.39, 0.29) is 17.0 Å². The molecule has 0 saturated heterocycles. The van der Waals surface area contributed by atoms with E-state index in [9.17, 15) is 13.2 Å². The molecule has 0 amide bonds. The zero-order valence-electron chi connectivity index (χ0n) is 15.8. The van der Waals surface area contributed by atoms with E-state index in [4.69, 9.17) is 0 Å². The molecule has 3 rings (SSSR count). The van der Waals surface area contributed by atoms with Gasteiger partial charge in [-0.2, -0.15) is 0 Å². The van der Waals surface area contributed by atoms with Gasteiger partial charge in [0.25, 0.3) is 5.56 Å². The van der Waals surface area contributed by atoms with Gasteiger partial charge in [0.15, 0.2) is 0 Å². The molecule has 0 radical (unpaired) electrons. The molecule has 1 aromatic heterocycles. The first-order valence-corrected chi connectivity index (χ1v) is 10.5. The second kappa shape index (κ2) is 7.66. The molecule has 6 heteroatoms. The molecule has 0 aliphatic heterocycles. The number of aromatic nitrogens is 1. The summed E-state index contributed by atoms with van der Waals surface area (Å²) in [6.07, 6.45) is 1.18. The number of nitrogens with one attached hydrogen (secondary N) is 2. The Labute approximate surface area is 159 Å². The first-order chi connectivity index (χ1) is 12.8. The number of sulfonamides is 1. The van der Waals surface area contributed by atoms with Crippen LogP contribution in [0.1, 0.15) is 29.2 Å². The number of pyridine rings is 1. The predicted octanol–water partition coefficient (Wildman–Crippen LogP) is 3.23. The molecule has 1 heterocycles. The highest BCUT2D eigenvalue weighted by atomic mass is 32.2. The van der Waals surface area contributed by atoms with Crippen molar-refractivity contribution >= 4 is 20.9 Å². The number of hydrogen-bond acceptors (Lipinski definition) is 3. The highest BCUT2D eigenvalue weighted by molar-refractivity contribution is 7.89. The monoisotopic (exact) mass is 384 g/mol. The fourth-order valence-corrected chi connectivity index (χ4v) is 4.10. The third-order valence-corrected chi connectivity index (χ3v) is 6.43. The summed E-state index contributed by atoms with van der Waals surface area (Å²) in [5, 5.41) is 0.950. The van der Waals surface area contributed by atoms with Crippen LogP contribution in [0.5, 0.6) is 0 Å². The molecular weight excluding hydrogens is 360 g/mol. The summed E-state index contributed by atoms with van der Waals surface area (Å²) in [5.74, 6) is 0. The average Bonchev–Trinajstić information content (AvgIpc) is 2.66. The van der Waals surface area contributed by atoms with Crippen molar-refractivity contribution in [1.29, 1.82) is 0 Å². The van der Waals surface area contributed by atoms with Crippen LogP contribution < -0.4 is 10.3 Å². The van der Waals surface area contributed by atoms with Crippen LogP contribution in [0, 0.1) is 13.8 Å². The molecule has 0 spiro atoms. The Morgan fingerprint density at radius 1 is 1.04 bits per heavy atom. The molecule has 27 heavy (non-hydrogen) atoms. The average molecular weight is 385 g/mol. The minimum Gasteiger partial charge on any atom is -0.321 e. The van der Waals surface area contributed by atoms with Crippen molar-refractivity contribution in [2.45, 2.75) is 38.5 Å². The second-order valence-electron chi connectivity index (χ2n) is 6.74. The third kappa shape index (κ3) is 4.12. The van der Waals surface area contributed by atoms with Crippen molar-refractivity contribution in [3.63, 3.8) is 0 Å². The normalized spacial score (nSPS) is 11.8. The Morgan fingerprint density at radius 2 is 1.74 bits per heavy atom. The molecule has 0 unspecified atom stereocenters. The molecular formula is C21H24N2O3S. The molecule has 142 valence electrons. The van der Waals surface area contributed by atoms with Gasteiger partial charge in [-0.15, -0.1) is 0 Å². The predicted molar refractivity (Wildman–Crippen MR) is 109 cm³/mol. The lowest BCUT2D eigenvalue weighted by Gasteiger charge is -2.09. The Hall–Kier alpha value is -2.44. The number of aryl methyl sites for hydroxylation is 3. The fourth-order valence-electron chi connectivity index (χ4n) is 3.06. The van der Waals surface area contributed by atoms with Crippen LogP contribution in [-0.2, 0) is 22.9 Å². The quantitative estimate of drug-likeness (QED) is 0.685. The summed E-state index contributed by atoms with van der Waals surface area (Å²) in [7, 11) is -3.59. The highest BCUT2D eigenvalue weighted by Crippen LogP contribution is 2.19. The maximum absolute atomic E-state index is 12.4. The van der Waals surface area contributed by atoms with E-state index in [0.29, 0.717) is 12.0 Å². The van der Waals surface area contributed by atoms with E-state index in [1.54, 1.807) is 12.1 Å². The number of benzene rings is 2. The van der Waals surface area contributed by atoms with Crippen molar-refractivity contribution in [3.8, 4) is 0 Å². The number of fused-ring (bicyclic) bond motifs is 1. The Bertz CT molecular complexity index is 1130. The summed E-state index contributed by atoms with van der Waals surface area (Å²) >= 11 is 0. The van der Waals surface area contributed by atoms with Crippen molar-refractivity contribution in [2.24, 2.45) is 0 Å². The van der Waals surface area contributed by atoms with Crippen LogP contribution in [0.4, 0.5) is 0 Å². The minimum atomic E-state index is -3.59. The molecule has 2 N–H and O–H groups in total.